The molecule has 0 radical (unpaired) electrons. The minimum Gasteiger partial charge on any atom is -0.463 e. The van der Waals surface area contributed by atoms with E-state index in [1.54, 1.807) is 13.8 Å². The summed E-state index contributed by atoms with van der Waals surface area (Å²) in [5.41, 5.74) is 0.607. The summed E-state index contributed by atoms with van der Waals surface area (Å²) < 4.78 is 30.7. The largest absolute Gasteiger partial charge is 0.463 e. The standard InChI is InChI=1S/C24H34O10/c1-17(2)21(25)31-13-9-29-11-15-33-23(27)19-7-5-6-8-20(19)24(28)34-16-12-30-10-14-32-22(26)18(3)4/h5-6,19-20H,1,3,7-16H2,2,4H3. The fourth-order valence-electron chi connectivity index (χ4n) is 2.79. The number of ether oxygens (including phenoxy) is 6. The van der Waals surface area contributed by atoms with Crippen LogP contribution in [0, 0.1) is 11.8 Å². The van der Waals surface area contributed by atoms with Gasteiger partial charge in [-0.2, -0.15) is 0 Å². The predicted octanol–water partition coefficient (Wildman–Crippen LogP) is 1.93. The second kappa shape index (κ2) is 16.6. The zero-order valence-electron chi connectivity index (χ0n) is 19.9. The van der Waals surface area contributed by atoms with Gasteiger partial charge in [-0.1, -0.05) is 25.3 Å². The third-order valence-corrected chi connectivity index (χ3v) is 4.60. The first-order valence-corrected chi connectivity index (χ1v) is 11.0. The van der Waals surface area contributed by atoms with E-state index in [0.717, 1.165) is 0 Å². The van der Waals surface area contributed by atoms with Crippen LogP contribution in [0.25, 0.3) is 0 Å². The van der Waals surface area contributed by atoms with Gasteiger partial charge in [0.15, 0.2) is 0 Å². The Hall–Kier alpha value is -2.98. The van der Waals surface area contributed by atoms with Crippen LogP contribution in [0.4, 0.5) is 0 Å². The average molecular weight is 483 g/mol. The third-order valence-electron chi connectivity index (χ3n) is 4.60. The molecule has 0 aromatic rings. The van der Waals surface area contributed by atoms with E-state index in [0.29, 0.717) is 24.0 Å². The maximum absolute atomic E-state index is 12.4. The normalized spacial score (nSPS) is 16.9. The van der Waals surface area contributed by atoms with Crippen LogP contribution >= 0.6 is 0 Å². The number of rotatable bonds is 16. The van der Waals surface area contributed by atoms with Crippen molar-refractivity contribution in [2.24, 2.45) is 11.8 Å². The lowest BCUT2D eigenvalue weighted by molar-refractivity contribution is -0.162. The van der Waals surface area contributed by atoms with Crippen LogP contribution in [0.15, 0.2) is 36.5 Å². The van der Waals surface area contributed by atoms with E-state index in [9.17, 15) is 19.2 Å². The maximum atomic E-state index is 12.4. The number of esters is 4. The van der Waals surface area contributed by atoms with Crippen molar-refractivity contribution < 1.29 is 47.6 Å². The molecular weight excluding hydrogens is 448 g/mol. The number of hydrogen-bond donors (Lipinski definition) is 0. The monoisotopic (exact) mass is 482 g/mol. The fraction of sp³-hybridized carbons (Fsp3) is 0.583. The molecule has 2 unspecified atom stereocenters. The highest BCUT2D eigenvalue weighted by molar-refractivity contribution is 5.87. The summed E-state index contributed by atoms with van der Waals surface area (Å²) in [7, 11) is 0. The number of carbonyl (C=O) groups is 4. The summed E-state index contributed by atoms with van der Waals surface area (Å²) in [6, 6.07) is 0. The SMILES string of the molecule is C=C(C)C(=O)OCCOCCOC(=O)C1CC=CCC1C(=O)OCCOCCOC(=O)C(=C)C. The lowest BCUT2D eigenvalue weighted by atomic mass is 9.83. The molecule has 0 N–H and O–H groups in total. The van der Waals surface area contributed by atoms with Gasteiger partial charge in [0.05, 0.1) is 38.3 Å². The maximum Gasteiger partial charge on any atom is 0.333 e. The van der Waals surface area contributed by atoms with Crippen molar-refractivity contribution >= 4 is 23.9 Å². The Bertz CT molecular complexity index is 693. The van der Waals surface area contributed by atoms with Gasteiger partial charge in [0, 0.05) is 11.1 Å². The van der Waals surface area contributed by atoms with Crippen molar-refractivity contribution in [2.75, 3.05) is 52.9 Å². The van der Waals surface area contributed by atoms with Gasteiger partial charge in [-0.05, 0) is 26.7 Å². The Labute approximate surface area is 199 Å². The molecule has 1 aliphatic rings. The van der Waals surface area contributed by atoms with Crippen molar-refractivity contribution in [3.05, 3.63) is 36.5 Å². The van der Waals surface area contributed by atoms with E-state index in [2.05, 4.69) is 13.2 Å². The van der Waals surface area contributed by atoms with E-state index in [4.69, 9.17) is 28.4 Å². The molecule has 1 aliphatic carbocycles. The second-order valence-electron chi connectivity index (χ2n) is 7.55. The second-order valence-corrected chi connectivity index (χ2v) is 7.55. The van der Waals surface area contributed by atoms with E-state index < -0.39 is 35.7 Å². The van der Waals surface area contributed by atoms with E-state index in [1.807, 2.05) is 12.2 Å². The topological polar surface area (TPSA) is 124 Å². The molecule has 0 aromatic carbocycles. The zero-order valence-corrected chi connectivity index (χ0v) is 19.9. The van der Waals surface area contributed by atoms with Gasteiger partial charge in [0.25, 0.3) is 0 Å². The molecule has 0 aromatic heterocycles. The highest BCUT2D eigenvalue weighted by Gasteiger charge is 2.36. The Kier molecular flexibility index (Phi) is 14.2. The van der Waals surface area contributed by atoms with Crippen LogP contribution in [0.2, 0.25) is 0 Å². The molecule has 0 aliphatic heterocycles. The summed E-state index contributed by atoms with van der Waals surface area (Å²) in [5.74, 6) is -3.27. The first-order valence-electron chi connectivity index (χ1n) is 11.0. The van der Waals surface area contributed by atoms with Crippen molar-refractivity contribution in [1.82, 2.24) is 0 Å². The molecule has 0 saturated heterocycles. The summed E-state index contributed by atoms with van der Waals surface area (Å²) in [4.78, 5) is 47.4. The van der Waals surface area contributed by atoms with E-state index in [1.165, 1.54) is 0 Å². The van der Waals surface area contributed by atoms with Gasteiger partial charge in [-0.15, -0.1) is 0 Å². The van der Waals surface area contributed by atoms with Gasteiger partial charge in [-0.25, -0.2) is 9.59 Å². The molecule has 0 heterocycles. The van der Waals surface area contributed by atoms with Crippen molar-refractivity contribution in [3.8, 4) is 0 Å². The first kappa shape index (κ1) is 29.1. The summed E-state index contributed by atoms with van der Waals surface area (Å²) >= 11 is 0. The molecule has 190 valence electrons. The zero-order chi connectivity index (χ0) is 25.3. The molecule has 0 bridgehead atoms. The Balaban J connectivity index is 2.23. The fourth-order valence-corrected chi connectivity index (χ4v) is 2.79. The van der Waals surface area contributed by atoms with Crippen molar-refractivity contribution in [1.29, 1.82) is 0 Å². The van der Waals surface area contributed by atoms with Crippen LogP contribution < -0.4 is 0 Å². The third kappa shape index (κ3) is 11.8. The molecule has 34 heavy (non-hydrogen) atoms. The number of carbonyl (C=O) groups excluding carboxylic acids is 4. The number of hydrogen-bond acceptors (Lipinski definition) is 10. The highest BCUT2D eigenvalue weighted by Crippen LogP contribution is 2.28. The highest BCUT2D eigenvalue weighted by atomic mass is 16.6. The van der Waals surface area contributed by atoms with Crippen molar-refractivity contribution in [3.63, 3.8) is 0 Å². The quantitative estimate of drug-likeness (QED) is 0.106. The summed E-state index contributed by atoms with van der Waals surface area (Å²) in [5, 5.41) is 0. The molecule has 0 amide bonds. The van der Waals surface area contributed by atoms with Gasteiger partial charge >= 0.3 is 23.9 Å². The minimum absolute atomic E-state index is 0.0129. The van der Waals surface area contributed by atoms with Gasteiger partial charge in [-0.3, -0.25) is 9.59 Å². The molecule has 0 fully saturated rings. The van der Waals surface area contributed by atoms with Crippen LogP contribution in [0.3, 0.4) is 0 Å². The molecule has 10 nitrogen and oxygen atoms in total. The lowest BCUT2D eigenvalue weighted by Gasteiger charge is -2.25. The lowest BCUT2D eigenvalue weighted by Crippen LogP contribution is -2.34. The minimum atomic E-state index is -0.642. The number of allylic oxidation sites excluding steroid dienone is 2. The molecule has 0 saturated carbocycles. The van der Waals surface area contributed by atoms with Crippen LogP contribution in [-0.2, 0) is 47.6 Å². The van der Waals surface area contributed by atoms with Gasteiger partial charge in [0.1, 0.15) is 26.4 Å². The summed E-state index contributed by atoms with van der Waals surface area (Å²) in [6.07, 6.45) is 4.41. The van der Waals surface area contributed by atoms with Crippen LogP contribution in [-0.4, -0.2) is 76.7 Å². The average Bonchev–Trinajstić information content (AvgIpc) is 2.81. The Morgan fingerprint density at radius 2 is 0.941 bits per heavy atom. The molecular formula is C24H34O10. The smallest absolute Gasteiger partial charge is 0.333 e. The molecule has 0 spiro atoms. The summed E-state index contributed by atoms with van der Waals surface area (Å²) in [6.45, 7) is 10.8. The van der Waals surface area contributed by atoms with Crippen LogP contribution in [0.5, 0.6) is 0 Å². The Morgan fingerprint density at radius 1 is 0.618 bits per heavy atom. The predicted molar refractivity (Wildman–Crippen MR) is 120 cm³/mol. The van der Waals surface area contributed by atoms with Gasteiger partial charge in [0.2, 0.25) is 0 Å². The molecule has 10 heteroatoms. The Morgan fingerprint density at radius 3 is 1.26 bits per heavy atom. The first-order chi connectivity index (χ1) is 16.2. The molecule has 1 rings (SSSR count). The molecule has 2 atom stereocenters. The van der Waals surface area contributed by atoms with Gasteiger partial charge < -0.3 is 28.4 Å². The van der Waals surface area contributed by atoms with Crippen LogP contribution in [0.1, 0.15) is 26.7 Å². The van der Waals surface area contributed by atoms with Crippen molar-refractivity contribution in [2.45, 2.75) is 26.7 Å². The van der Waals surface area contributed by atoms with E-state index in [-0.39, 0.29) is 52.9 Å². The van der Waals surface area contributed by atoms with E-state index >= 15 is 0 Å².